The Bertz CT molecular complexity index is 557. The third-order valence-corrected chi connectivity index (χ3v) is 2.40. The summed E-state index contributed by atoms with van der Waals surface area (Å²) in [5.74, 6) is 0.814. The quantitative estimate of drug-likeness (QED) is 0.833. The molecule has 2 rings (SSSR count). The molecule has 0 saturated heterocycles. The second-order valence-corrected chi connectivity index (χ2v) is 3.76. The van der Waals surface area contributed by atoms with Gasteiger partial charge in [0, 0.05) is 19.8 Å². The van der Waals surface area contributed by atoms with Crippen molar-refractivity contribution in [1.29, 1.82) is 0 Å². The molecule has 0 aliphatic carbocycles. The predicted octanol–water partition coefficient (Wildman–Crippen LogP) is 0.457. The Hall–Kier alpha value is -2.11. The maximum Gasteiger partial charge on any atom is 0.345 e. The van der Waals surface area contributed by atoms with Gasteiger partial charge in [0.1, 0.15) is 12.1 Å². The molecule has 0 unspecified atom stereocenters. The lowest BCUT2D eigenvalue weighted by Crippen LogP contribution is -2.23. The first-order valence-corrected chi connectivity index (χ1v) is 5.48. The van der Waals surface area contributed by atoms with Gasteiger partial charge in [-0.2, -0.15) is 5.10 Å². The lowest BCUT2D eigenvalue weighted by Gasteiger charge is -2.04. The van der Waals surface area contributed by atoms with Crippen molar-refractivity contribution < 1.29 is 0 Å². The van der Waals surface area contributed by atoms with E-state index in [0.717, 1.165) is 17.9 Å². The van der Waals surface area contributed by atoms with Gasteiger partial charge in [-0.25, -0.2) is 14.5 Å². The van der Waals surface area contributed by atoms with Gasteiger partial charge >= 0.3 is 5.69 Å². The fourth-order valence-electron chi connectivity index (χ4n) is 1.55. The Kier molecular flexibility index (Phi) is 3.22. The summed E-state index contributed by atoms with van der Waals surface area (Å²) in [6.45, 7) is 3.29. The highest BCUT2D eigenvalue weighted by molar-refractivity contribution is 5.37. The van der Waals surface area contributed by atoms with Crippen molar-refractivity contribution in [3.05, 3.63) is 40.7 Å². The Morgan fingerprint density at radius 3 is 2.94 bits per heavy atom. The van der Waals surface area contributed by atoms with E-state index >= 15 is 0 Å². The van der Waals surface area contributed by atoms with Crippen LogP contribution in [0.15, 0.2) is 29.5 Å². The monoisotopic (exact) mass is 233 g/mol. The minimum absolute atomic E-state index is 0.119. The summed E-state index contributed by atoms with van der Waals surface area (Å²) in [5, 5.41) is 7.14. The van der Waals surface area contributed by atoms with Crippen LogP contribution in [0.25, 0.3) is 0 Å². The Labute approximate surface area is 98.9 Å². The first-order chi connectivity index (χ1) is 8.20. The van der Waals surface area contributed by atoms with Gasteiger partial charge in [0.15, 0.2) is 0 Å². The molecule has 2 aromatic rings. The van der Waals surface area contributed by atoms with E-state index in [9.17, 15) is 4.79 Å². The molecule has 0 aromatic carbocycles. The minimum Gasteiger partial charge on any atom is -0.370 e. The highest BCUT2D eigenvalue weighted by atomic mass is 16.2. The van der Waals surface area contributed by atoms with E-state index in [-0.39, 0.29) is 5.69 Å². The molecule has 0 radical (unpaired) electrons. The third kappa shape index (κ3) is 2.52. The summed E-state index contributed by atoms with van der Waals surface area (Å²) < 4.78 is 2.87. The van der Waals surface area contributed by atoms with E-state index in [1.54, 1.807) is 13.2 Å². The topological polar surface area (TPSA) is 64.7 Å². The van der Waals surface area contributed by atoms with Gasteiger partial charge in [-0.3, -0.25) is 4.57 Å². The Morgan fingerprint density at radius 1 is 1.47 bits per heavy atom. The number of hydrogen-bond donors (Lipinski definition) is 1. The number of pyridine rings is 1. The van der Waals surface area contributed by atoms with E-state index in [2.05, 4.69) is 15.4 Å². The second-order valence-electron chi connectivity index (χ2n) is 3.76. The van der Waals surface area contributed by atoms with E-state index in [1.807, 2.05) is 19.1 Å². The van der Waals surface area contributed by atoms with Gasteiger partial charge in [-0.05, 0) is 24.6 Å². The van der Waals surface area contributed by atoms with Crippen molar-refractivity contribution in [1.82, 2.24) is 19.3 Å². The second kappa shape index (κ2) is 4.82. The van der Waals surface area contributed by atoms with Gasteiger partial charge in [-0.15, -0.1) is 0 Å². The lowest BCUT2D eigenvalue weighted by atomic mass is 10.2. The summed E-state index contributed by atoms with van der Waals surface area (Å²) >= 11 is 0. The van der Waals surface area contributed by atoms with Crippen molar-refractivity contribution >= 4 is 5.82 Å². The summed E-state index contributed by atoms with van der Waals surface area (Å²) in [6, 6.07) is 3.80. The van der Waals surface area contributed by atoms with Crippen LogP contribution >= 0.6 is 0 Å². The van der Waals surface area contributed by atoms with E-state index in [4.69, 9.17) is 0 Å². The highest BCUT2D eigenvalue weighted by Crippen LogP contribution is 2.06. The van der Waals surface area contributed by atoms with Crippen LogP contribution in [0.4, 0.5) is 5.82 Å². The van der Waals surface area contributed by atoms with Crippen LogP contribution < -0.4 is 11.0 Å². The van der Waals surface area contributed by atoms with Crippen molar-refractivity contribution in [3.8, 4) is 0 Å². The zero-order chi connectivity index (χ0) is 12.3. The first kappa shape index (κ1) is 11.4. The normalized spacial score (nSPS) is 10.5. The number of anilines is 1. The molecule has 2 heterocycles. The molecular formula is C11H15N5O. The summed E-state index contributed by atoms with van der Waals surface area (Å²) in [7, 11) is 1.68. The molecule has 0 aliphatic rings. The maximum atomic E-state index is 11.6. The standard InChI is InChI=1S/C11H15N5O/c1-3-12-10-6-9(4-5-13-10)7-16-11(17)15(2)8-14-16/h4-6,8H,3,7H2,1-2H3,(H,12,13). The van der Waals surface area contributed by atoms with Crippen LogP contribution in [-0.4, -0.2) is 25.9 Å². The van der Waals surface area contributed by atoms with Crippen LogP contribution in [0.5, 0.6) is 0 Å². The zero-order valence-electron chi connectivity index (χ0n) is 9.92. The van der Waals surface area contributed by atoms with Gasteiger partial charge < -0.3 is 5.32 Å². The van der Waals surface area contributed by atoms with E-state index in [1.165, 1.54) is 15.6 Å². The van der Waals surface area contributed by atoms with Gasteiger partial charge in [-0.1, -0.05) is 0 Å². The predicted molar refractivity (Wildman–Crippen MR) is 65.0 cm³/mol. The third-order valence-electron chi connectivity index (χ3n) is 2.40. The molecule has 0 atom stereocenters. The zero-order valence-corrected chi connectivity index (χ0v) is 9.92. The smallest absolute Gasteiger partial charge is 0.345 e. The number of nitrogens with zero attached hydrogens (tertiary/aromatic N) is 4. The molecule has 6 heteroatoms. The Morgan fingerprint density at radius 2 is 2.29 bits per heavy atom. The molecule has 6 nitrogen and oxygen atoms in total. The maximum absolute atomic E-state index is 11.6. The molecule has 2 aromatic heterocycles. The molecule has 90 valence electrons. The van der Waals surface area contributed by atoms with Gasteiger partial charge in [0.25, 0.3) is 0 Å². The molecule has 0 saturated carbocycles. The fourth-order valence-corrected chi connectivity index (χ4v) is 1.55. The molecule has 0 bridgehead atoms. The molecule has 1 N–H and O–H groups in total. The van der Waals surface area contributed by atoms with E-state index in [0.29, 0.717) is 6.54 Å². The number of aryl methyl sites for hydroxylation is 1. The SMILES string of the molecule is CCNc1cc(Cn2ncn(C)c2=O)ccn1. The first-order valence-electron chi connectivity index (χ1n) is 5.48. The fraction of sp³-hybridized carbons (Fsp3) is 0.364. The van der Waals surface area contributed by atoms with Crippen LogP contribution in [0, 0.1) is 0 Å². The van der Waals surface area contributed by atoms with Crippen LogP contribution in [-0.2, 0) is 13.6 Å². The Balaban J connectivity index is 2.21. The summed E-state index contributed by atoms with van der Waals surface area (Å²) in [4.78, 5) is 15.8. The van der Waals surface area contributed by atoms with Crippen molar-refractivity contribution in [2.24, 2.45) is 7.05 Å². The summed E-state index contributed by atoms with van der Waals surface area (Å²) in [6.07, 6.45) is 3.23. The average Bonchev–Trinajstić information content (AvgIpc) is 2.62. The molecule has 0 aliphatic heterocycles. The number of hydrogen-bond acceptors (Lipinski definition) is 4. The average molecular weight is 233 g/mol. The highest BCUT2D eigenvalue weighted by Gasteiger charge is 2.03. The van der Waals surface area contributed by atoms with Gasteiger partial charge in [0.2, 0.25) is 0 Å². The molecule has 17 heavy (non-hydrogen) atoms. The molecular weight excluding hydrogens is 218 g/mol. The van der Waals surface area contributed by atoms with Crippen LogP contribution in [0.1, 0.15) is 12.5 Å². The minimum atomic E-state index is -0.119. The van der Waals surface area contributed by atoms with Crippen LogP contribution in [0.2, 0.25) is 0 Å². The van der Waals surface area contributed by atoms with Crippen molar-refractivity contribution in [3.63, 3.8) is 0 Å². The number of rotatable bonds is 4. The number of aromatic nitrogens is 4. The number of nitrogens with one attached hydrogen (secondary N) is 1. The van der Waals surface area contributed by atoms with Gasteiger partial charge in [0.05, 0.1) is 6.54 Å². The molecule has 0 spiro atoms. The largest absolute Gasteiger partial charge is 0.370 e. The molecule has 0 amide bonds. The molecule has 0 fully saturated rings. The lowest BCUT2D eigenvalue weighted by molar-refractivity contribution is 0.646. The van der Waals surface area contributed by atoms with E-state index < -0.39 is 0 Å². The van der Waals surface area contributed by atoms with Crippen molar-refractivity contribution in [2.45, 2.75) is 13.5 Å². The summed E-state index contributed by atoms with van der Waals surface area (Å²) in [5.41, 5.74) is 0.878. The van der Waals surface area contributed by atoms with Crippen molar-refractivity contribution in [2.75, 3.05) is 11.9 Å². The van der Waals surface area contributed by atoms with Crippen LogP contribution in [0.3, 0.4) is 0 Å².